The smallest absolute Gasteiger partial charge is 0.289 e. The van der Waals surface area contributed by atoms with Crippen LogP contribution in [0.3, 0.4) is 0 Å². The molecule has 19 heavy (non-hydrogen) atoms. The van der Waals surface area contributed by atoms with Crippen molar-refractivity contribution in [2.45, 2.75) is 32.7 Å². The third kappa shape index (κ3) is 3.00. The van der Waals surface area contributed by atoms with Gasteiger partial charge in [-0.3, -0.25) is 4.79 Å². The third-order valence-corrected chi connectivity index (χ3v) is 5.22. The molecule has 0 saturated carbocycles. The van der Waals surface area contributed by atoms with Crippen molar-refractivity contribution in [1.82, 2.24) is 4.90 Å². The zero-order valence-electron chi connectivity index (χ0n) is 11.3. The highest BCUT2D eigenvalue weighted by molar-refractivity contribution is 7.91. The standard InChI is InChI=1S/C13H19NO4S/c1-3-11-5-6-12(18-11)13(15)14(4-2)10-7-8-19(16,17)9-10/h5-6,10H,3-4,7-9H2,1-2H3. The van der Waals surface area contributed by atoms with Crippen molar-refractivity contribution >= 4 is 15.7 Å². The second-order valence-corrected chi connectivity index (χ2v) is 7.00. The van der Waals surface area contributed by atoms with Gasteiger partial charge in [-0.1, -0.05) is 6.92 Å². The number of hydrogen-bond acceptors (Lipinski definition) is 4. The van der Waals surface area contributed by atoms with Gasteiger partial charge in [0.25, 0.3) is 5.91 Å². The highest BCUT2D eigenvalue weighted by Gasteiger charge is 2.35. The Bertz CT molecular complexity index is 561. The van der Waals surface area contributed by atoms with E-state index in [1.165, 1.54) is 0 Å². The summed E-state index contributed by atoms with van der Waals surface area (Å²) in [5.41, 5.74) is 0. The van der Waals surface area contributed by atoms with Gasteiger partial charge in [0.2, 0.25) is 0 Å². The van der Waals surface area contributed by atoms with Crippen LogP contribution in [0.15, 0.2) is 16.5 Å². The van der Waals surface area contributed by atoms with Crippen molar-refractivity contribution in [3.05, 3.63) is 23.7 Å². The van der Waals surface area contributed by atoms with Crippen LogP contribution in [0.25, 0.3) is 0 Å². The van der Waals surface area contributed by atoms with Crippen molar-refractivity contribution < 1.29 is 17.6 Å². The summed E-state index contributed by atoms with van der Waals surface area (Å²) in [6, 6.07) is 3.22. The van der Waals surface area contributed by atoms with Crippen molar-refractivity contribution in [3.8, 4) is 0 Å². The van der Waals surface area contributed by atoms with E-state index < -0.39 is 9.84 Å². The molecule has 106 valence electrons. The molecule has 2 rings (SSSR count). The number of hydrogen-bond donors (Lipinski definition) is 0. The Morgan fingerprint density at radius 3 is 2.63 bits per heavy atom. The molecule has 1 fully saturated rings. The van der Waals surface area contributed by atoms with Crippen LogP contribution in [-0.2, 0) is 16.3 Å². The van der Waals surface area contributed by atoms with Gasteiger partial charge in [-0.2, -0.15) is 0 Å². The second kappa shape index (κ2) is 5.36. The Balaban J connectivity index is 2.15. The van der Waals surface area contributed by atoms with Crippen LogP contribution in [0, 0.1) is 0 Å². The summed E-state index contributed by atoms with van der Waals surface area (Å²) in [5.74, 6) is 1.07. The van der Waals surface area contributed by atoms with Crippen molar-refractivity contribution in [2.24, 2.45) is 0 Å². The fraction of sp³-hybridized carbons (Fsp3) is 0.615. The highest BCUT2D eigenvalue weighted by atomic mass is 32.2. The van der Waals surface area contributed by atoms with E-state index in [0.717, 1.165) is 12.2 Å². The van der Waals surface area contributed by atoms with Gasteiger partial charge in [-0.25, -0.2) is 8.42 Å². The number of carbonyl (C=O) groups is 1. The molecule has 1 aromatic rings. The van der Waals surface area contributed by atoms with E-state index in [-0.39, 0.29) is 23.5 Å². The van der Waals surface area contributed by atoms with Crippen LogP contribution in [0.1, 0.15) is 36.6 Å². The van der Waals surface area contributed by atoms with Crippen LogP contribution in [-0.4, -0.2) is 43.3 Å². The number of aryl methyl sites for hydroxylation is 1. The minimum absolute atomic E-state index is 0.0634. The summed E-state index contributed by atoms with van der Waals surface area (Å²) in [7, 11) is -2.99. The van der Waals surface area contributed by atoms with Gasteiger partial charge < -0.3 is 9.32 Å². The molecule has 0 aromatic carbocycles. The number of sulfone groups is 1. The number of nitrogens with zero attached hydrogens (tertiary/aromatic N) is 1. The molecule has 1 amide bonds. The van der Waals surface area contributed by atoms with E-state index in [1.54, 1.807) is 17.0 Å². The average molecular weight is 285 g/mol. The minimum Gasteiger partial charge on any atom is -0.456 e. The molecule has 1 atom stereocenters. The topological polar surface area (TPSA) is 67.6 Å². The first-order chi connectivity index (χ1) is 8.96. The monoisotopic (exact) mass is 285 g/mol. The first-order valence-corrected chi connectivity index (χ1v) is 8.39. The zero-order chi connectivity index (χ0) is 14.0. The highest BCUT2D eigenvalue weighted by Crippen LogP contribution is 2.20. The Morgan fingerprint density at radius 2 is 2.16 bits per heavy atom. The lowest BCUT2D eigenvalue weighted by Crippen LogP contribution is -2.40. The summed E-state index contributed by atoms with van der Waals surface area (Å²) in [6.07, 6.45) is 1.25. The summed E-state index contributed by atoms with van der Waals surface area (Å²) in [6.45, 7) is 4.29. The Morgan fingerprint density at radius 1 is 1.42 bits per heavy atom. The van der Waals surface area contributed by atoms with Gasteiger partial charge in [0.05, 0.1) is 11.5 Å². The third-order valence-electron chi connectivity index (χ3n) is 3.47. The lowest BCUT2D eigenvalue weighted by atomic mass is 10.2. The van der Waals surface area contributed by atoms with Gasteiger partial charge in [0, 0.05) is 19.0 Å². The number of rotatable bonds is 4. The fourth-order valence-electron chi connectivity index (χ4n) is 2.41. The summed E-state index contributed by atoms with van der Waals surface area (Å²) in [5, 5.41) is 0. The molecular weight excluding hydrogens is 266 g/mol. The van der Waals surface area contributed by atoms with Crippen molar-refractivity contribution in [3.63, 3.8) is 0 Å². The molecule has 0 aliphatic carbocycles. The van der Waals surface area contributed by atoms with Crippen LogP contribution in [0.5, 0.6) is 0 Å². The van der Waals surface area contributed by atoms with E-state index in [1.807, 2.05) is 13.8 Å². The Kier molecular flexibility index (Phi) is 3.99. The van der Waals surface area contributed by atoms with Crippen LogP contribution in [0.4, 0.5) is 0 Å². The molecule has 6 heteroatoms. The molecule has 2 heterocycles. The van der Waals surface area contributed by atoms with E-state index in [0.29, 0.717) is 18.7 Å². The first-order valence-electron chi connectivity index (χ1n) is 6.57. The Hall–Kier alpha value is -1.30. The molecular formula is C13H19NO4S. The molecule has 1 unspecified atom stereocenters. The quantitative estimate of drug-likeness (QED) is 0.840. The van der Waals surface area contributed by atoms with Crippen LogP contribution < -0.4 is 0 Å². The van der Waals surface area contributed by atoms with Gasteiger partial charge >= 0.3 is 0 Å². The maximum absolute atomic E-state index is 12.3. The molecule has 1 aliphatic heterocycles. The lowest BCUT2D eigenvalue weighted by Gasteiger charge is -2.25. The molecule has 0 N–H and O–H groups in total. The largest absolute Gasteiger partial charge is 0.456 e. The van der Waals surface area contributed by atoms with Gasteiger partial charge in [0.1, 0.15) is 5.76 Å². The maximum atomic E-state index is 12.3. The predicted octanol–water partition coefficient (Wildman–Crippen LogP) is 1.49. The van der Waals surface area contributed by atoms with Crippen molar-refractivity contribution in [2.75, 3.05) is 18.1 Å². The zero-order valence-corrected chi connectivity index (χ0v) is 12.1. The van der Waals surface area contributed by atoms with Gasteiger partial charge in [-0.15, -0.1) is 0 Å². The SMILES string of the molecule is CCc1ccc(C(=O)N(CC)C2CCS(=O)(=O)C2)o1. The molecule has 1 aliphatic rings. The molecule has 0 bridgehead atoms. The first kappa shape index (κ1) is 14.1. The van der Waals surface area contributed by atoms with E-state index >= 15 is 0 Å². The maximum Gasteiger partial charge on any atom is 0.289 e. The Labute approximate surface area is 113 Å². The van der Waals surface area contributed by atoms with Crippen molar-refractivity contribution in [1.29, 1.82) is 0 Å². The normalized spacial score (nSPS) is 21.5. The van der Waals surface area contributed by atoms with E-state index in [4.69, 9.17) is 4.42 Å². The van der Waals surface area contributed by atoms with Crippen LogP contribution >= 0.6 is 0 Å². The molecule has 1 aromatic heterocycles. The van der Waals surface area contributed by atoms with E-state index in [2.05, 4.69) is 0 Å². The average Bonchev–Trinajstić information content (AvgIpc) is 2.96. The fourth-order valence-corrected chi connectivity index (χ4v) is 4.14. The lowest BCUT2D eigenvalue weighted by molar-refractivity contribution is 0.0674. The molecule has 0 spiro atoms. The molecule has 0 radical (unpaired) electrons. The van der Waals surface area contributed by atoms with E-state index in [9.17, 15) is 13.2 Å². The predicted molar refractivity (Wildman–Crippen MR) is 71.9 cm³/mol. The van der Waals surface area contributed by atoms with Gasteiger partial charge in [0.15, 0.2) is 15.6 Å². The summed E-state index contributed by atoms with van der Waals surface area (Å²) < 4.78 is 28.5. The number of furan rings is 1. The summed E-state index contributed by atoms with van der Waals surface area (Å²) >= 11 is 0. The van der Waals surface area contributed by atoms with Crippen LogP contribution in [0.2, 0.25) is 0 Å². The molecule has 1 saturated heterocycles. The number of carbonyl (C=O) groups excluding carboxylic acids is 1. The van der Waals surface area contributed by atoms with Gasteiger partial charge in [-0.05, 0) is 25.5 Å². The minimum atomic E-state index is -2.99. The summed E-state index contributed by atoms with van der Waals surface area (Å²) in [4.78, 5) is 13.9. The molecule has 5 nitrogen and oxygen atoms in total. The number of amides is 1. The second-order valence-electron chi connectivity index (χ2n) is 4.77.